The van der Waals surface area contributed by atoms with Gasteiger partial charge in [0, 0.05) is 31.4 Å². The number of nitro groups is 1. The van der Waals surface area contributed by atoms with E-state index in [-0.39, 0.29) is 5.69 Å². The summed E-state index contributed by atoms with van der Waals surface area (Å²) in [6.07, 6.45) is 0. The highest BCUT2D eigenvalue weighted by molar-refractivity contribution is 9.08. The number of benzene rings is 1. The lowest BCUT2D eigenvalue weighted by molar-refractivity contribution is -0.384. The zero-order valence-corrected chi connectivity index (χ0v) is 12.4. The molecule has 20 heavy (non-hydrogen) atoms. The van der Waals surface area contributed by atoms with Crippen molar-refractivity contribution < 1.29 is 9.66 Å². The summed E-state index contributed by atoms with van der Waals surface area (Å²) < 4.78 is 6.95. The summed E-state index contributed by atoms with van der Waals surface area (Å²) in [7, 11) is 1.62. The molecule has 0 fully saturated rings. The molecule has 0 aliphatic rings. The van der Waals surface area contributed by atoms with Crippen molar-refractivity contribution in [2.24, 2.45) is 0 Å². The number of ether oxygens (including phenoxy) is 1. The number of hydrogen-bond acceptors (Lipinski definition) is 5. The lowest BCUT2D eigenvalue weighted by Crippen LogP contribution is -2.09. The Kier molecular flexibility index (Phi) is 4.80. The highest BCUT2D eigenvalue weighted by Gasteiger charge is 2.15. The van der Waals surface area contributed by atoms with E-state index in [0.29, 0.717) is 29.9 Å². The fourth-order valence-electron chi connectivity index (χ4n) is 1.82. The molecular formula is C12H13BrN4O3. The van der Waals surface area contributed by atoms with Crippen molar-refractivity contribution in [3.8, 4) is 11.4 Å². The molecule has 8 heteroatoms. The van der Waals surface area contributed by atoms with Gasteiger partial charge in [0.05, 0.1) is 16.9 Å². The van der Waals surface area contributed by atoms with Gasteiger partial charge in [0.2, 0.25) is 0 Å². The number of aromatic nitrogens is 3. The van der Waals surface area contributed by atoms with E-state index in [0.717, 1.165) is 5.82 Å². The maximum absolute atomic E-state index is 10.8. The quantitative estimate of drug-likeness (QED) is 0.458. The van der Waals surface area contributed by atoms with Crippen LogP contribution in [0.25, 0.3) is 11.4 Å². The summed E-state index contributed by atoms with van der Waals surface area (Å²) in [5.74, 6) is 1.35. The number of halogens is 1. The minimum absolute atomic E-state index is 0.0317. The molecule has 0 saturated heterocycles. The van der Waals surface area contributed by atoms with E-state index >= 15 is 0 Å². The van der Waals surface area contributed by atoms with E-state index < -0.39 is 4.92 Å². The van der Waals surface area contributed by atoms with Gasteiger partial charge in [-0.25, -0.2) is 0 Å². The lowest BCUT2D eigenvalue weighted by atomic mass is 10.2. The van der Waals surface area contributed by atoms with Gasteiger partial charge in [0.25, 0.3) is 5.69 Å². The Balaban J connectivity index is 2.43. The smallest absolute Gasteiger partial charge is 0.270 e. The summed E-state index contributed by atoms with van der Waals surface area (Å²) >= 11 is 3.35. The first-order valence-electron chi connectivity index (χ1n) is 5.89. The van der Waals surface area contributed by atoms with Crippen LogP contribution in [0.5, 0.6) is 0 Å². The predicted molar refractivity (Wildman–Crippen MR) is 76.6 cm³/mol. The standard InChI is InChI=1S/C12H13BrN4O3/c1-20-6-5-16-11(8-13)14-15-12(16)9-3-2-4-10(7-9)17(18)19/h2-4,7H,5-6,8H2,1H3. The topological polar surface area (TPSA) is 83.1 Å². The first-order valence-corrected chi connectivity index (χ1v) is 7.01. The van der Waals surface area contributed by atoms with Crippen LogP contribution in [0.15, 0.2) is 24.3 Å². The number of hydrogen-bond donors (Lipinski definition) is 0. The molecule has 0 saturated carbocycles. The van der Waals surface area contributed by atoms with E-state index in [1.54, 1.807) is 19.2 Å². The number of alkyl halides is 1. The molecule has 1 aromatic carbocycles. The van der Waals surface area contributed by atoms with E-state index in [4.69, 9.17) is 4.74 Å². The van der Waals surface area contributed by atoms with E-state index in [1.165, 1.54) is 12.1 Å². The Morgan fingerprint density at radius 3 is 2.90 bits per heavy atom. The fourth-order valence-corrected chi connectivity index (χ4v) is 2.24. The number of nitro benzene ring substituents is 1. The molecule has 0 aliphatic heterocycles. The Morgan fingerprint density at radius 2 is 2.25 bits per heavy atom. The molecule has 2 aromatic rings. The monoisotopic (exact) mass is 340 g/mol. The van der Waals surface area contributed by atoms with Gasteiger partial charge in [0.1, 0.15) is 5.82 Å². The van der Waals surface area contributed by atoms with Gasteiger partial charge < -0.3 is 9.30 Å². The summed E-state index contributed by atoms with van der Waals surface area (Å²) in [5.41, 5.74) is 0.694. The molecule has 2 rings (SSSR count). The molecule has 0 bridgehead atoms. The molecule has 0 atom stereocenters. The van der Waals surface area contributed by atoms with Crippen LogP contribution < -0.4 is 0 Å². The molecule has 0 amide bonds. The molecule has 0 radical (unpaired) electrons. The summed E-state index contributed by atoms with van der Waals surface area (Å²) in [5, 5.41) is 19.6. The predicted octanol–water partition coefficient (Wildman–Crippen LogP) is 2.39. The number of non-ortho nitro benzene ring substituents is 1. The molecule has 106 valence electrons. The lowest BCUT2D eigenvalue weighted by Gasteiger charge is -2.08. The van der Waals surface area contributed by atoms with Gasteiger partial charge in [-0.05, 0) is 0 Å². The Morgan fingerprint density at radius 1 is 1.45 bits per heavy atom. The van der Waals surface area contributed by atoms with Gasteiger partial charge in [-0.15, -0.1) is 10.2 Å². The molecule has 0 aliphatic carbocycles. The zero-order chi connectivity index (χ0) is 14.5. The van der Waals surface area contributed by atoms with Gasteiger partial charge >= 0.3 is 0 Å². The Labute approximate surface area is 123 Å². The number of methoxy groups -OCH3 is 1. The average Bonchev–Trinajstić information content (AvgIpc) is 2.88. The van der Waals surface area contributed by atoms with Crippen LogP contribution in [0.1, 0.15) is 5.82 Å². The van der Waals surface area contributed by atoms with Crippen LogP contribution in [0.4, 0.5) is 5.69 Å². The van der Waals surface area contributed by atoms with Crippen molar-refractivity contribution in [1.82, 2.24) is 14.8 Å². The average molecular weight is 341 g/mol. The Bertz CT molecular complexity index is 614. The van der Waals surface area contributed by atoms with Crippen LogP contribution in [0, 0.1) is 10.1 Å². The van der Waals surface area contributed by atoms with Crippen molar-refractivity contribution in [3.63, 3.8) is 0 Å². The van der Waals surface area contributed by atoms with Gasteiger partial charge in [-0.2, -0.15) is 0 Å². The normalized spacial score (nSPS) is 10.7. The van der Waals surface area contributed by atoms with Crippen LogP contribution in [-0.4, -0.2) is 33.4 Å². The molecule has 1 aromatic heterocycles. The van der Waals surface area contributed by atoms with Crippen molar-refractivity contribution in [2.75, 3.05) is 13.7 Å². The highest BCUT2D eigenvalue weighted by Crippen LogP contribution is 2.23. The molecular weight excluding hydrogens is 328 g/mol. The second-order valence-electron chi connectivity index (χ2n) is 4.03. The van der Waals surface area contributed by atoms with E-state index in [1.807, 2.05) is 4.57 Å². The summed E-state index contributed by atoms with van der Waals surface area (Å²) in [4.78, 5) is 10.4. The zero-order valence-electron chi connectivity index (χ0n) is 10.8. The third kappa shape index (κ3) is 3.02. The third-order valence-electron chi connectivity index (χ3n) is 2.78. The number of rotatable bonds is 6. The van der Waals surface area contributed by atoms with Crippen molar-refractivity contribution in [3.05, 3.63) is 40.2 Å². The van der Waals surface area contributed by atoms with E-state index in [2.05, 4.69) is 26.1 Å². The molecule has 0 unspecified atom stereocenters. The SMILES string of the molecule is COCCn1c(CBr)nnc1-c1cccc([N+](=O)[O-])c1. The first-order chi connectivity index (χ1) is 9.67. The van der Waals surface area contributed by atoms with Crippen molar-refractivity contribution in [2.45, 2.75) is 11.9 Å². The Hall–Kier alpha value is -1.80. The third-order valence-corrected chi connectivity index (χ3v) is 3.28. The second kappa shape index (κ2) is 6.58. The maximum atomic E-state index is 10.8. The van der Waals surface area contributed by atoms with Gasteiger partial charge in [-0.1, -0.05) is 28.1 Å². The molecule has 1 heterocycles. The molecule has 7 nitrogen and oxygen atoms in total. The highest BCUT2D eigenvalue weighted by atomic mass is 79.9. The minimum Gasteiger partial charge on any atom is -0.383 e. The largest absolute Gasteiger partial charge is 0.383 e. The summed E-state index contributed by atoms with van der Waals surface area (Å²) in [6.45, 7) is 1.10. The van der Waals surface area contributed by atoms with E-state index in [9.17, 15) is 10.1 Å². The van der Waals surface area contributed by atoms with Gasteiger partial charge in [0.15, 0.2) is 5.82 Å². The minimum atomic E-state index is -0.426. The van der Waals surface area contributed by atoms with Crippen LogP contribution >= 0.6 is 15.9 Å². The maximum Gasteiger partial charge on any atom is 0.270 e. The second-order valence-corrected chi connectivity index (χ2v) is 4.59. The van der Waals surface area contributed by atoms with Gasteiger partial charge in [-0.3, -0.25) is 10.1 Å². The van der Waals surface area contributed by atoms with Crippen LogP contribution in [0.3, 0.4) is 0 Å². The van der Waals surface area contributed by atoms with Crippen molar-refractivity contribution in [1.29, 1.82) is 0 Å². The first kappa shape index (κ1) is 14.6. The molecule has 0 spiro atoms. The molecule has 0 N–H and O–H groups in total. The van der Waals surface area contributed by atoms with Crippen molar-refractivity contribution >= 4 is 21.6 Å². The fraction of sp³-hybridized carbons (Fsp3) is 0.333. The van der Waals surface area contributed by atoms with Crippen LogP contribution in [-0.2, 0) is 16.6 Å². The number of nitrogens with zero attached hydrogens (tertiary/aromatic N) is 4. The summed E-state index contributed by atoms with van der Waals surface area (Å²) in [6, 6.07) is 6.35. The van der Waals surface area contributed by atoms with Crippen LogP contribution in [0.2, 0.25) is 0 Å².